The van der Waals surface area contributed by atoms with E-state index in [-0.39, 0.29) is 0 Å². The molecule has 0 fully saturated rings. The van der Waals surface area contributed by atoms with Crippen LogP contribution < -0.4 is 19.6 Å². The van der Waals surface area contributed by atoms with E-state index < -0.39 is 45.8 Å². The molecule has 0 radical (unpaired) electrons. The first-order valence-electron chi connectivity index (χ1n) is 4.01. The van der Waals surface area contributed by atoms with Gasteiger partial charge in [0.1, 0.15) is 0 Å². The Morgan fingerprint density at radius 3 is 1.18 bits per heavy atom. The van der Waals surface area contributed by atoms with E-state index in [4.69, 9.17) is 0 Å². The van der Waals surface area contributed by atoms with Crippen LogP contribution in [0.15, 0.2) is 0 Å². The van der Waals surface area contributed by atoms with Crippen molar-refractivity contribution < 1.29 is 46.3 Å². The summed E-state index contributed by atoms with van der Waals surface area (Å²) in [5.74, 6) is 0. The van der Waals surface area contributed by atoms with Gasteiger partial charge < -0.3 is 28.7 Å². The van der Waals surface area contributed by atoms with E-state index in [0.717, 1.165) is 0 Å². The average Bonchev–Trinajstić information content (AvgIpc) is 1.98. The van der Waals surface area contributed by atoms with Crippen molar-refractivity contribution in [3.05, 3.63) is 0 Å². The highest BCUT2D eigenvalue weighted by Gasteiger charge is 2.37. The molecule has 0 spiro atoms. The zero-order valence-corrected chi connectivity index (χ0v) is 9.77. The van der Waals surface area contributed by atoms with Crippen molar-refractivity contribution in [1.29, 1.82) is 0 Å². The van der Waals surface area contributed by atoms with Gasteiger partial charge in [0.2, 0.25) is 0 Å². The Hall–Kier alpha value is 0.0200. The second-order valence-electron chi connectivity index (χ2n) is 3.18. The molecule has 0 saturated carbocycles. The van der Waals surface area contributed by atoms with Crippen LogP contribution in [0.1, 0.15) is 19.3 Å². The van der Waals surface area contributed by atoms with Crippen molar-refractivity contribution in [2.45, 2.75) is 30.6 Å². The third-order valence-electron chi connectivity index (χ3n) is 1.76. The quantitative estimate of drug-likeness (QED) is 0.465. The molecular formula is C5H6F4O6P2-4. The highest BCUT2D eigenvalue weighted by molar-refractivity contribution is 7.50. The first-order valence-corrected chi connectivity index (χ1v) is 7.09. The van der Waals surface area contributed by atoms with Crippen LogP contribution in [0.3, 0.4) is 0 Å². The fourth-order valence-corrected chi connectivity index (χ4v) is 1.65. The van der Waals surface area contributed by atoms with Crippen LogP contribution in [0.2, 0.25) is 0 Å². The minimum absolute atomic E-state index is 1.30. The van der Waals surface area contributed by atoms with Gasteiger partial charge in [0.15, 0.2) is 0 Å². The third kappa shape index (κ3) is 4.65. The van der Waals surface area contributed by atoms with Gasteiger partial charge in [-0.3, -0.25) is 0 Å². The van der Waals surface area contributed by atoms with Gasteiger partial charge in [-0.15, -0.1) is 0 Å². The summed E-state index contributed by atoms with van der Waals surface area (Å²) in [6.07, 6.45) is -4.84. The number of halogens is 4. The third-order valence-corrected chi connectivity index (χ3v) is 3.81. The fourth-order valence-electron chi connectivity index (χ4n) is 0.788. The van der Waals surface area contributed by atoms with Gasteiger partial charge in [0.05, 0.1) is 0 Å². The Morgan fingerprint density at radius 2 is 1.00 bits per heavy atom. The van der Waals surface area contributed by atoms with Gasteiger partial charge in [0, 0.05) is 28.0 Å². The number of hydrogen-bond donors (Lipinski definition) is 0. The maximum absolute atomic E-state index is 12.4. The van der Waals surface area contributed by atoms with Crippen LogP contribution in [0.4, 0.5) is 17.6 Å². The topological polar surface area (TPSA) is 126 Å². The summed E-state index contributed by atoms with van der Waals surface area (Å²) in [6, 6.07) is 0. The van der Waals surface area contributed by atoms with Crippen molar-refractivity contribution >= 4 is 15.2 Å². The van der Waals surface area contributed by atoms with Crippen molar-refractivity contribution in [1.82, 2.24) is 0 Å². The summed E-state index contributed by atoms with van der Waals surface area (Å²) in [5.41, 5.74) is -9.50. The summed E-state index contributed by atoms with van der Waals surface area (Å²) < 4.78 is 69.7. The van der Waals surface area contributed by atoms with E-state index in [1.54, 1.807) is 0 Å². The number of rotatable bonds is 6. The van der Waals surface area contributed by atoms with Crippen molar-refractivity contribution in [3.8, 4) is 0 Å². The second kappa shape index (κ2) is 4.95. The smallest absolute Gasteiger partial charge is 0.272 e. The first kappa shape index (κ1) is 17.0. The van der Waals surface area contributed by atoms with E-state index in [1.807, 2.05) is 0 Å². The monoisotopic (exact) mass is 300 g/mol. The van der Waals surface area contributed by atoms with E-state index in [0.29, 0.717) is 0 Å². The van der Waals surface area contributed by atoms with Gasteiger partial charge >= 0.3 is 0 Å². The van der Waals surface area contributed by atoms with Crippen LogP contribution in [0.25, 0.3) is 0 Å². The van der Waals surface area contributed by atoms with E-state index in [9.17, 15) is 46.3 Å². The molecular weight excluding hydrogens is 294 g/mol. The Balaban J connectivity index is 4.46. The van der Waals surface area contributed by atoms with E-state index >= 15 is 0 Å². The molecule has 0 aliphatic heterocycles. The number of alkyl halides is 4. The standard InChI is InChI=1S/C5H10F4O6P2/c6-4(7,16(10,11)12)2-1-3-5(8,9)17(13,14)15/h1-3H2,(H2,10,11,12)(H2,13,14,15)/p-4. The van der Waals surface area contributed by atoms with Gasteiger partial charge in [-0.05, 0) is 6.42 Å². The molecule has 0 aromatic carbocycles. The SMILES string of the molecule is O=P([O-])([O-])C(F)(F)CCCC(F)(F)P(=O)([O-])[O-]. The molecule has 6 nitrogen and oxygen atoms in total. The predicted octanol–water partition coefficient (Wildman–Crippen LogP) is -0.830. The molecule has 0 aromatic rings. The molecule has 0 bridgehead atoms. The van der Waals surface area contributed by atoms with Crippen molar-refractivity contribution in [2.75, 3.05) is 0 Å². The molecule has 0 saturated heterocycles. The molecule has 0 aliphatic carbocycles. The summed E-state index contributed by atoms with van der Waals surface area (Å²) >= 11 is 0. The summed E-state index contributed by atoms with van der Waals surface area (Å²) in [4.78, 5) is 39.8. The lowest BCUT2D eigenvalue weighted by Crippen LogP contribution is -2.34. The lowest BCUT2D eigenvalue weighted by Gasteiger charge is -2.39. The van der Waals surface area contributed by atoms with Crippen LogP contribution in [-0.4, -0.2) is 11.3 Å². The largest absolute Gasteiger partial charge is 0.807 e. The van der Waals surface area contributed by atoms with Gasteiger partial charge in [-0.2, -0.15) is 0 Å². The van der Waals surface area contributed by atoms with Crippen LogP contribution in [0.5, 0.6) is 0 Å². The Labute approximate surface area is 93.0 Å². The Morgan fingerprint density at radius 1 is 0.765 bits per heavy atom. The van der Waals surface area contributed by atoms with Crippen LogP contribution in [-0.2, 0) is 9.13 Å². The van der Waals surface area contributed by atoms with Gasteiger partial charge in [-0.1, -0.05) is 0 Å². The van der Waals surface area contributed by atoms with Crippen LogP contribution in [0, 0.1) is 0 Å². The minimum Gasteiger partial charge on any atom is -0.807 e. The van der Waals surface area contributed by atoms with Gasteiger partial charge in [-0.25, -0.2) is 17.6 Å². The highest BCUT2D eigenvalue weighted by Crippen LogP contribution is 2.52. The molecule has 0 heterocycles. The Bertz CT molecular complexity index is 325. The molecule has 0 amide bonds. The lowest BCUT2D eigenvalue weighted by atomic mass is 10.2. The van der Waals surface area contributed by atoms with E-state index in [2.05, 4.69) is 0 Å². The molecule has 12 heteroatoms. The predicted molar refractivity (Wildman–Crippen MR) is 39.0 cm³/mol. The van der Waals surface area contributed by atoms with Crippen LogP contribution >= 0.6 is 15.2 Å². The maximum atomic E-state index is 12.4. The first-order chi connectivity index (χ1) is 7.21. The van der Waals surface area contributed by atoms with E-state index in [1.165, 1.54) is 0 Å². The van der Waals surface area contributed by atoms with Crippen molar-refractivity contribution in [2.24, 2.45) is 0 Å². The van der Waals surface area contributed by atoms with Crippen molar-refractivity contribution in [3.63, 3.8) is 0 Å². The summed E-state index contributed by atoms with van der Waals surface area (Å²) in [5, 5.41) is 0. The minimum atomic E-state index is -6.29. The highest BCUT2D eigenvalue weighted by atomic mass is 31.2. The molecule has 0 N–H and O–H groups in total. The summed E-state index contributed by atoms with van der Waals surface area (Å²) in [6.45, 7) is 0. The molecule has 0 aromatic heterocycles. The molecule has 0 unspecified atom stereocenters. The fraction of sp³-hybridized carbons (Fsp3) is 1.00. The molecule has 0 atom stereocenters. The van der Waals surface area contributed by atoms with Gasteiger partial charge in [0.25, 0.3) is 11.3 Å². The number of hydrogen-bond acceptors (Lipinski definition) is 6. The summed E-state index contributed by atoms with van der Waals surface area (Å²) in [7, 11) is -12.6. The Kier molecular flexibility index (Phi) is 4.96. The lowest BCUT2D eigenvalue weighted by molar-refractivity contribution is -0.334. The zero-order valence-electron chi connectivity index (χ0n) is 7.98. The normalized spacial score (nSPS) is 15.1. The molecule has 0 rings (SSSR count). The average molecular weight is 300 g/mol. The maximum Gasteiger partial charge on any atom is 0.272 e. The molecule has 104 valence electrons. The zero-order chi connectivity index (χ0) is 14.1. The second-order valence-corrected chi connectivity index (χ2v) is 6.48. The molecule has 17 heavy (non-hydrogen) atoms. The molecule has 0 aliphatic rings.